The molecule has 2 unspecified atom stereocenters. The zero-order chi connectivity index (χ0) is 14.3. The number of rotatable bonds is 8. The number of nitrogens with one attached hydrogen (secondary N) is 1. The molecule has 0 spiro atoms. The molecule has 0 aliphatic heterocycles. The van der Waals surface area contributed by atoms with Gasteiger partial charge in [-0.2, -0.15) is 0 Å². The molecule has 0 saturated heterocycles. The molecule has 1 aliphatic rings. The van der Waals surface area contributed by atoms with Gasteiger partial charge < -0.3 is 15.3 Å². The molecular formula is C15H30N2O2. The van der Waals surface area contributed by atoms with Crippen molar-refractivity contribution in [2.45, 2.75) is 58.4 Å². The van der Waals surface area contributed by atoms with Gasteiger partial charge in [0, 0.05) is 13.1 Å². The summed E-state index contributed by atoms with van der Waals surface area (Å²) in [4.78, 5) is 14.1. The van der Waals surface area contributed by atoms with E-state index in [1.165, 1.54) is 6.42 Å². The molecule has 0 aromatic heterocycles. The van der Waals surface area contributed by atoms with Crippen molar-refractivity contribution in [1.29, 1.82) is 0 Å². The maximum absolute atomic E-state index is 11.8. The zero-order valence-electron chi connectivity index (χ0n) is 12.7. The van der Waals surface area contributed by atoms with Crippen LogP contribution >= 0.6 is 0 Å². The molecule has 1 aliphatic carbocycles. The van der Waals surface area contributed by atoms with E-state index in [0.29, 0.717) is 0 Å². The fourth-order valence-corrected chi connectivity index (χ4v) is 3.36. The fraction of sp³-hybridized carbons (Fsp3) is 0.933. The van der Waals surface area contributed by atoms with E-state index in [-0.39, 0.29) is 5.92 Å². The number of likely N-dealkylation sites (N-methyl/N-ethyl adjacent to an activating group) is 1. The predicted molar refractivity (Wildman–Crippen MR) is 78.4 cm³/mol. The van der Waals surface area contributed by atoms with Gasteiger partial charge in [0.2, 0.25) is 0 Å². The first-order valence-corrected chi connectivity index (χ1v) is 7.81. The molecule has 112 valence electrons. The van der Waals surface area contributed by atoms with Crippen molar-refractivity contribution in [3.05, 3.63) is 0 Å². The lowest BCUT2D eigenvalue weighted by Crippen LogP contribution is -2.59. The largest absolute Gasteiger partial charge is 0.480 e. The van der Waals surface area contributed by atoms with Crippen LogP contribution in [0.4, 0.5) is 0 Å². The highest BCUT2D eigenvalue weighted by atomic mass is 16.4. The molecule has 1 rings (SSSR count). The molecule has 2 N–H and O–H groups in total. The second-order valence-corrected chi connectivity index (χ2v) is 5.58. The highest BCUT2D eigenvalue weighted by molar-refractivity contribution is 5.79. The molecule has 0 heterocycles. The quantitative estimate of drug-likeness (QED) is 0.711. The number of hydrogen-bond acceptors (Lipinski definition) is 3. The highest BCUT2D eigenvalue weighted by Gasteiger charge is 2.45. The fourth-order valence-electron chi connectivity index (χ4n) is 3.36. The molecule has 19 heavy (non-hydrogen) atoms. The first-order valence-electron chi connectivity index (χ1n) is 7.81. The number of carboxylic acids is 1. The summed E-state index contributed by atoms with van der Waals surface area (Å²) in [5, 5.41) is 13.1. The lowest BCUT2D eigenvalue weighted by atomic mass is 9.71. The van der Waals surface area contributed by atoms with Crippen LogP contribution in [-0.4, -0.2) is 47.7 Å². The molecule has 1 saturated carbocycles. The summed E-state index contributed by atoms with van der Waals surface area (Å²) in [7, 11) is 0. The smallest absolute Gasteiger partial charge is 0.324 e. The molecule has 0 amide bonds. The molecule has 4 heteroatoms. The minimum absolute atomic E-state index is 0.274. The van der Waals surface area contributed by atoms with Crippen LogP contribution < -0.4 is 5.32 Å². The Morgan fingerprint density at radius 3 is 2.53 bits per heavy atom. The van der Waals surface area contributed by atoms with Gasteiger partial charge in [-0.1, -0.05) is 40.0 Å². The van der Waals surface area contributed by atoms with Crippen molar-refractivity contribution in [3.63, 3.8) is 0 Å². The SMILES string of the molecule is CCC1CCCCC1(NCCN(CC)CC)C(=O)O. The summed E-state index contributed by atoms with van der Waals surface area (Å²) in [6.07, 6.45) is 4.97. The van der Waals surface area contributed by atoms with E-state index in [4.69, 9.17) is 0 Å². The lowest BCUT2D eigenvalue weighted by Gasteiger charge is -2.41. The maximum Gasteiger partial charge on any atom is 0.324 e. The van der Waals surface area contributed by atoms with Crippen LogP contribution in [-0.2, 0) is 4.79 Å². The number of aliphatic carboxylic acids is 1. The molecule has 4 nitrogen and oxygen atoms in total. The summed E-state index contributed by atoms with van der Waals surface area (Å²) >= 11 is 0. The van der Waals surface area contributed by atoms with E-state index in [0.717, 1.165) is 51.9 Å². The van der Waals surface area contributed by atoms with Crippen LogP contribution in [0.15, 0.2) is 0 Å². The Morgan fingerprint density at radius 1 is 1.32 bits per heavy atom. The van der Waals surface area contributed by atoms with E-state index in [2.05, 4.69) is 31.0 Å². The Kier molecular flexibility index (Phi) is 6.80. The van der Waals surface area contributed by atoms with Crippen molar-refractivity contribution in [1.82, 2.24) is 10.2 Å². The molecule has 0 radical (unpaired) electrons. The Morgan fingerprint density at radius 2 is 2.00 bits per heavy atom. The van der Waals surface area contributed by atoms with Crippen LogP contribution in [0.25, 0.3) is 0 Å². The van der Waals surface area contributed by atoms with Crippen LogP contribution in [0.1, 0.15) is 52.9 Å². The van der Waals surface area contributed by atoms with Gasteiger partial charge in [0.15, 0.2) is 0 Å². The molecule has 0 aromatic rings. The van der Waals surface area contributed by atoms with E-state index in [1.54, 1.807) is 0 Å². The summed E-state index contributed by atoms with van der Waals surface area (Å²) < 4.78 is 0. The van der Waals surface area contributed by atoms with Gasteiger partial charge in [0.05, 0.1) is 0 Å². The Labute approximate surface area is 117 Å². The average molecular weight is 270 g/mol. The van der Waals surface area contributed by atoms with E-state index < -0.39 is 11.5 Å². The van der Waals surface area contributed by atoms with Gasteiger partial charge >= 0.3 is 5.97 Å². The van der Waals surface area contributed by atoms with E-state index >= 15 is 0 Å². The standard InChI is InChI=1S/C15H30N2O2/c1-4-13-9-7-8-10-15(13,14(18)19)16-11-12-17(5-2)6-3/h13,16H,4-12H2,1-3H3,(H,18,19). The van der Waals surface area contributed by atoms with Crippen molar-refractivity contribution in [2.24, 2.45) is 5.92 Å². The second kappa shape index (κ2) is 7.85. The molecule has 2 atom stereocenters. The van der Waals surface area contributed by atoms with Gasteiger partial charge in [-0.05, 0) is 31.8 Å². The number of carboxylic acid groups (broad SMARTS) is 1. The lowest BCUT2D eigenvalue weighted by molar-refractivity contribution is -0.149. The second-order valence-electron chi connectivity index (χ2n) is 5.58. The maximum atomic E-state index is 11.8. The third-order valence-corrected chi connectivity index (χ3v) is 4.71. The summed E-state index contributed by atoms with van der Waals surface area (Å²) in [6.45, 7) is 10.1. The molecule has 1 fully saturated rings. The molecule has 0 bridgehead atoms. The third-order valence-electron chi connectivity index (χ3n) is 4.71. The minimum Gasteiger partial charge on any atom is -0.480 e. The van der Waals surface area contributed by atoms with Crippen LogP contribution in [0.5, 0.6) is 0 Å². The number of nitrogens with zero attached hydrogens (tertiary/aromatic N) is 1. The van der Waals surface area contributed by atoms with Gasteiger partial charge in [-0.15, -0.1) is 0 Å². The third kappa shape index (κ3) is 3.93. The van der Waals surface area contributed by atoms with E-state index in [1.807, 2.05) is 0 Å². The minimum atomic E-state index is -0.680. The summed E-state index contributed by atoms with van der Waals surface area (Å²) in [6, 6.07) is 0. The van der Waals surface area contributed by atoms with E-state index in [9.17, 15) is 9.90 Å². The molecule has 0 aromatic carbocycles. The first kappa shape index (κ1) is 16.4. The summed E-state index contributed by atoms with van der Waals surface area (Å²) in [5.41, 5.74) is -0.680. The van der Waals surface area contributed by atoms with Crippen LogP contribution in [0, 0.1) is 5.92 Å². The Bertz CT molecular complexity index is 279. The van der Waals surface area contributed by atoms with Crippen molar-refractivity contribution < 1.29 is 9.90 Å². The zero-order valence-corrected chi connectivity index (χ0v) is 12.7. The Hall–Kier alpha value is -0.610. The van der Waals surface area contributed by atoms with Crippen molar-refractivity contribution in [2.75, 3.05) is 26.2 Å². The normalized spacial score (nSPS) is 27.7. The predicted octanol–water partition coefficient (Wildman–Crippen LogP) is 2.34. The Balaban J connectivity index is 2.63. The van der Waals surface area contributed by atoms with Crippen molar-refractivity contribution >= 4 is 5.97 Å². The van der Waals surface area contributed by atoms with Crippen LogP contribution in [0.2, 0.25) is 0 Å². The van der Waals surface area contributed by atoms with Gasteiger partial charge in [-0.25, -0.2) is 0 Å². The summed E-state index contributed by atoms with van der Waals surface area (Å²) in [5.74, 6) is -0.381. The average Bonchev–Trinajstić information content (AvgIpc) is 2.43. The van der Waals surface area contributed by atoms with Gasteiger partial charge in [0.1, 0.15) is 5.54 Å². The van der Waals surface area contributed by atoms with Gasteiger partial charge in [0.25, 0.3) is 0 Å². The first-order chi connectivity index (χ1) is 9.10. The number of carbonyl (C=O) groups is 1. The van der Waals surface area contributed by atoms with Gasteiger partial charge in [-0.3, -0.25) is 4.79 Å². The topological polar surface area (TPSA) is 52.6 Å². The molecular weight excluding hydrogens is 240 g/mol. The van der Waals surface area contributed by atoms with Crippen LogP contribution in [0.3, 0.4) is 0 Å². The monoisotopic (exact) mass is 270 g/mol. The van der Waals surface area contributed by atoms with Crippen molar-refractivity contribution in [3.8, 4) is 0 Å². The highest BCUT2D eigenvalue weighted by Crippen LogP contribution is 2.36. The number of hydrogen-bond donors (Lipinski definition) is 2.